The van der Waals surface area contributed by atoms with Crippen molar-refractivity contribution in [3.63, 3.8) is 0 Å². The lowest BCUT2D eigenvalue weighted by Gasteiger charge is -2.11. The van der Waals surface area contributed by atoms with E-state index in [1.807, 2.05) is 0 Å². The first-order chi connectivity index (χ1) is 10.5. The van der Waals surface area contributed by atoms with Gasteiger partial charge in [0.1, 0.15) is 5.82 Å². The Hall–Kier alpha value is -1.65. The molecule has 0 aromatic heterocycles. The number of aryl methyl sites for hydroxylation is 2. The molecule has 0 bridgehead atoms. The van der Waals surface area contributed by atoms with Crippen LogP contribution in [0, 0.1) is 12.7 Å². The summed E-state index contributed by atoms with van der Waals surface area (Å²) in [6, 6.07) is 12.9. The quantitative estimate of drug-likeness (QED) is 0.611. The van der Waals surface area contributed by atoms with E-state index >= 15 is 0 Å². The lowest BCUT2D eigenvalue weighted by Crippen LogP contribution is -2.29. The fraction of sp³-hybridized carbons (Fsp3) is 0.235. The van der Waals surface area contributed by atoms with Gasteiger partial charge in [-0.25, -0.2) is 4.39 Å². The van der Waals surface area contributed by atoms with Crippen molar-refractivity contribution in [2.45, 2.75) is 19.8 Å². The molecule has 0 aliphatic rings. The summed E-state index contributed by atoms with van der Waals surface area (Å²) in [7, 11) is 0. The van der Waals surface area contributed by atoms with E-state index in [0.29, 0.717) is 10.8 Å². The van der Waals surface area contributed by atoms with Crippen LogP contribution in [0.4, 0.5) is 10.1 Å². The highest BCUT2D eigenvalue weighted by Crippen LogP contribution is 2.19. The molecule has 0 spiro atoms. The zero-order valence-electron chi connectivity index (χ0n) is 12.3. The molecule has 2 aromatic carbocycles. The van der Waals surface area contributed by atoms with Crippen molar-refractivity contribution >= 4 is 34.6 Å². The Balaban J connectivity index is 1.72. The summed E-state index contributed by atoms with van der Waals surface area (Å²) in [6.07, 6.45) is 1.98. The summed E-state index contributed by atoms with van der Waals surface area (Å²) in [5.41, 5.74) is 3.27. The summed E-state index contributed by atoms with van der Waals surface area (Å²) in [5.74, 6) is -0.441. The minimum Gasteiger partial charge on any atom is -0.362 e. The third kappa shape index (κ3) is 5.28. The molecule has 0 aliphatic heterocycles. The van der Waals surface area contributed by atoms with Crippen LogP contribution in [-0.4, -0.2) is 11.7 Å². The third-order valence-electron chi connectivity index (χ3n) is 3.19. The van der Waals surface area contributed by atoms with Crippen LogP contribution in [0.3, 0.4) is 0 Å². The van der Waals surface area contributed by atoms with E-state index < -0.39 is 5.82 Å². The molecule has 0 unspecified atom stereocenters. The van der Waals surface area contributed by atoms with Crippen LogP contribution in [0.5, 0.6) is 0 Å². The number of thiocarbonyl (C=S) groups is 1. The van der Waals surface area contributed by atoms with Gasteiger partial charge < -0.3 is 10.6 Å². The number of halogens is 2. The molecule has 0 heterocycles. The predicted molar refractivity (Wildman–Crippen MR) is 95.1 cm³/mol. The Kier molecular flexibility index (Phi) is 6.16. The molecule has 2 rings (SSSR count). The summed E-state index contributed by atoms with van der Waals surface area (Å²) >= 11 is 10.9. The number of hydrogen-bond donors (Lipinski definition) is 2. The number of benzene rings is 2. The van der Waals surface area contributed by atoms with Crippen LogP contribution in [0.1, 0.15) is 17.5 Å². The predicted octanol–water partition coefficient (Wildman–Crippen LogP) is 4.71. The molecule has 0 saturated carbocycles. The van der Waals surface area contributed by atoms with Crippen molar-refractivity contribution in [2.24, 2.45) is 0 Å². The molecule has 22 heavy (non-hydrogen) atoms. The van der Waals surface area contributed by atoms with Gasteiger partial charge in [-0.15, -0.1) is 0 Å². The topological polar surface area (TPSA) is 24.1 Å². The molecule has 0 radical (unpaired) electrons. The lowest BCUT2D eigenvalue weighted by molar-refractivity contribution is 0.628. The fourth-order valence-electron chi connectivity index (χ4n) is 2.11. The minimum atomic E-state index is -0.441. The van der Waals surface area contributed by atoms with Gasteiger partial charge in [0, 0.05) is 12.2 Å². The number of anilines is 1. The Bertz CT molecular complexity index is 661. The summed E-state index contributed by atoms with van der Waals surface area (Å²) in [4.78, 5) is 0. The monoisotopic (exact) mass is 336 g/mol. The highest BCUT2D eigenvalue weighted by molar-refractivity contribution is 7.80. The van der Waals surface area contributed by atoms with E-state index in [2.05, 4.69) is 41.8 Å². The first-order valence-electron chi connectivity index (χ1n) is 7.10. The second kappa shape index (κ2) is 8.11. The SMILES string of the molecule is Cc1cccc(CCCNC(=S)Nc2ccc(F)c(Cl)c2)c1. The van der Waals surface area contributed by atoms with E-state index in [1.54, 1.807) is 6.07 Å². The maximum Gasteiger partial charge on any atom is 0.170 e. The van der Waals surface area contributed by atoms with Crippen LogP contribution in [0.2, 0.25) is 5.02 Å². The van der Waals surface area contributed by atoms with Crippen molar-refractivity contribution in [1.82, 2.24) is 5.32 Å². The highest BCUT2D eigenvalue weighted by Gasteiger charge is 2.02. The second-order valence-electron chi connectivity index (χ2n) is 5.10. The van der Waals surface area contributed by atoms with Gasteiger partial charge in [0.2, 0.25) is 0 Å². The second-order valence-corrected chi connectivity index (χ2v) is 5.92. The Morgan fingerprint density at radius 3 is 2.77 bits per heavy atom. The van der Waals surface area contributed by atoms with Gasteiger partial charge in [-0.1, -0.05) is 41.4 Å². The smallest absolute Gasteiger partial charge is 0.170 e. The highest BCUT2D eigenvalue weighted by atomic mass is 35.5. The third-order valence-corrected chi connectivity index (χ3v) is 3.72. The molecule has 0 aliphatic carbocycles. The normalized spacial score (nSPS) is 10.3. The molecular formula is C17H18ClFN2S. The summed E-state index contributed by atoms with van der Waals surface area (Å²) in [5, 5.41) is 6.70. The van der Waals surface area contributed by atoms with Gasteiger partial charge in [0.05, 0.1) is 5.02 Å². The zero-order chi connectivity index (χ0) is 15.9. The lowest BCUT2D eigenvalue weighted by atomic mass is 10.1. The Morgan fingerprint density at radius 2 is 2.05 bits per heavy atom. The molecule has 2 N–H and O–H groups in total. The molecule has 0 amide bonds. The minimum absolute atomic E-state index is 0.0762. The molecule has 0 saturated heterocycles. The molecular weight excluding hydrogens is 319 g/mol. The van der Waals surface area contributed by atoms with E-state index in [1.165, 1.54) is 23.3 Å². The van der Waals surface area contributed by atoms with Crippen molar-refractivity contribution in [1.29, 1.82) is 0 Å². The van der Waals surface area contributed by atoms with Crippen molar-refractivity contribution in [3.05, 3.63) is 64.4 Å². The van der Waals surface area contributed by atoms with E-state index in [0.717, 1.165) is 19.4 Å². The Morgan fingerprint density at radius 1 is 1.23 bits per heavy atom. The number of nitrogens with one attached hydrogen (secondary N) is 2. The summed E-state index contributed by atoms with van der Waals surface area (Å²) in [6.45, 7) is 2.86. The fourth-order valence-corrected chi connectivity index (χ4v) is 2.51. The molecule has 116 valence electrons. The van der Waals surface area contributed by atoms with Crippen LogP contribution in [-0.2, 0) is 6.42 Å². The average Bonchev–Trinajstić information content (AvgIpc) is 2.48. The van der Waals surface area contributed by atoms with Gasteiger partial charge in [-0.05, 0) is 55.7 Å². The number of hydrogen-bond acceptors (Lipinski definition) is 1. The van der Waals surface area contributed by atoms with Crippen molar-refractivity contribution in [3.8, 4) is 0 Å². The molecule has 2 aromatic rings. The largest absolute Gasteiger partial charge is 0.362 e. The molecule has 2 nitrogen and oxygen atoms in total. The first kappa shape index (κ1) is 16.7. The van der Waals surface area contributed by atoms with Crippen LogP contribution >= 0.6 is 23.8 Å². The molecule has 5 heteroatoms. The van der Waals surface area contributed by atoms with Crippen molar-refractivity contribution in [2.75, 3.05) is 11.9 Å². The summed E-state index contributed by atoms with van der Waals surface area (Å²) < 4.78 is 13.1. The van der Waals surface area contributed by atoms with Gasteiger partial charge in [-0.3, -0.25) is 0 Å². The van der Waals surface area contributed by atoms with E-state index in [4.69, 9.17) is 23.8 Å². The van der Waals surface area contributed by atoms with Crippen LogP contribution in [0.15, 0.2) is 42.5 Å². The number of rotatable bonds is 5. The Labute approximate surface area is 140 Å². The first-order valence-corrected chi connectivity index (χ1v) is 7.88. The van der Waals surface area contributed by atoms with Crippen LogP contribution < -0.4 is 10.6 Å². The van der Waals surface area contributed by atoms with Gasteiger partial charge >= 0.3 is 0 Å². The molecule has 0 atom stereocenters. The van der Waals surface area contributed by atoms with E-state index in [9.17, 15) is 4.39 Å². The molecule has 0 fully saturated rings. The van der Waals surface area contributed by atoms with Gasteiger partial charge in [0.15, 0.2) is 5.11 Å². The van der Waals surface area contributed by atoms with E-state index in [-0.39, 0.29) is 5.02 Å². The van der Waals surface area contributed by atoms with Gasteiger partial charge in [-0.2, -0.15) is 0 Å². The van der Waals surface area contributed by atoms with Crippen molar-refractivity contribution < 1.29 is 4.39 Å². The van der Waals surface area contributed by atoms with Crippen LogP contribution in [0.25, 0.3) is 0 Å². The zero-order valence-corrected chi connectivity index (χ0v) is 13.9. The maximum atomic E-state index is 13.1. The standard InChI is InChI=1S/C17H18ClFN2S/c1-12-4-2-5-13(10-12)6-3-9-20-17(22)21-14-7-8-16(19)15(18)11-14/h2,4-5,7-8,10-11H,3,6,9H2,1H3,(H2,20,21,22). The van der Waals surface area contributed by atoms with Gasteiger partial charge in [0.25, 0.3) is 0 Å². The average molecular weight is 337 g/mol. The maximum absolute atomic E-state index is 13.1.